The molecule has 0 bridgehead atoms. The van der Waals surface area contributed by atoms with Crippen LogP contribution in [0.25, 0.3) is 0 Å². The normalized spacial score (nSPS) is 14.6. The predicted octanol–water partition coefficient (Wildman–Crippen LogP) is 2.61. The quantitative estimate of drug-likeness (QED) is 0.679. The molecule has 2 nitrogen and oxygen atoms in total. The standard InChI is InChI=1S/C10H19F3O2/c1-8(2)5-9(6-14)3-4-15-7-10(11,12)13/h8-9,14H,3-7H2,1-2H3. The van der Waals surface area contributed by atoms with Crippen molar-refractivity contribution in [3.05, 3.63) is 0 Å². The SMILES string of the molecule is CC(C)CC(CO)CCOCC(F)(F)F. The average Bonchev–Trinajstić information content (AvgIpc) is 2.08. The highest BCUT2D eigenvalue weighted by molar-refractivity contribution is 4.60. The Kier molecular flexibility index (Phi) is 6.92. The van der Waals surface area contributed by atoms with Crippen molar-refractivity contribution in [2.45, 2.75) is 32.9 Å². The first kappa shape index (κ1) is 14.7. The van der Waals surface area contributed by atoms with Crippen molar-refractivity contribution in [1.29, 1.82) is 0 Å². The summed E-state index contributed by atoms with van der Waals surface area (Å²) in [6.07, 6.45) is -2.97. The number of rotatable bonds is 7. The molecule has 0 heterocycles. The molecule has 5 heteroatoms. The summed E-state index contributed by atoms with van der Waals surface area (Å²) in [5.74, 6) is 0.475. The highest BCUT2D eigenvalue weighted by Crippen LogP contribution is 2.17. The van der Waals surface area contributed by atoms with Gasteiger partial charge in [-0.3, -0.25) is 0 Å². The predicted molar refractivity (Wildman–Crippen MR) is 51.5 cm³/mol. The van der Waals surface area contributed by atoms with Gasteiger partial charge in [0, 0.05) is 13.2 Å². The van der Waals surface area contributed by atoms with Gasteiger partial charge in [0.25, 0.3) is 0 Å². The van der Waals surface area contributed by atoms with E-state index in [2.05, 4.69) is 4.74 Å². The third-order valence-corrected chi connectivity index (χ3v) is 2.00. The van der Waals surface area contributed by atoms with Crippen molar-refractivity contribution in [2.24, 2.45) is 11.8 Å². The van der Waals surface area contributed by atoms with Crippen molar-refractivity contribution in [2.75, 3.05) is 19.8 Å². The zero-order chi connectivity index (χ0) is 11.9. The lowest BCUT2D eigenvalue weighted by Crippen LogP contribution is -2.19. The van der Waals surface area contributed by atoms with Gasteiger partial charge in [0.05, 0.1) is 0 Å². The van der Waals surface area contributed by atoms with Gasteiger partial charge in [-0.15, -0.1) is 0 Å². The first-order valence-electron chi connectivity index (χ1n) is 5.10. The third kappa shape index (κ3) is 10.0. The maximum absolute atomic E-state index is 11.7. The highest BCUT2D eigenvalue weighted by Gasteiger charge is 2.27. The Balaban J connectivity index is 3.55. The molecule has 0 saturated heterocycles. The lowest BCUT2D eigenvalue weighted by Gasteiger charge is -2.16. The first-order chi connectivity index (χ1) is 6.85. The summed E-state index contributed by atoms with van der Waals surface area (Å²) in [5, 5.41) is 8.96. The Morgan fingerprint density at radius 2 is 1.87 bits per heavy atom. The van der Waals surface area contributed by atoms with Crippen LogP contribution in [0.4, 0.5) is 13.2 Å². The van der Waals surface area contributed by atoms with Crippen LogP contribution in [-0.4, -0.2) is 31.1 Å². The van der Waals surface area contributed by atoms with Crippen LogP contribution in [0.5, 0.6) is 0 Å². The molecule has 0 aromatic heterocycles. The molecule has 1 N–H and O–H groups in total. The Morgan fingerprint density at radius 3 is 2.27 bits per heavy atom. The number of aliphatic hydroxyl groups is 1. The van der Waals surface area contributed by atoms with Crippen LogP contribution in [-0.2, 0) is 4.74 Å². The molecule has 92 valence electrons. The van der Waals surface area contributed by atoms with E-state index in [1.807, 2.05) is 13.8 Å². The molecule has 0 rings (SSSR count). The molecule has 0 aromatic rings. The lowest BCUT2D eigenvalue weighted by molar-refractivity contribution is -0.174. The topological polar surface area (TPSA) is 29.5 Å². The van der Waals surface area contributed by atoms with Gasteiger partial charge in [-0.2, -0.15) is 13.2 Å². The first-order valence-corrected chi connectivity index (χ1v) is 5.10. The zero-order valence-corrected chi connectivity index (χ0v) is 9.18. The maximum Gasteiger partial charge on any atom is 0.411 e. The van der Waals surface area contributed by atoms with Crippen LogP contribution in [0.15, 0.2) is 0 Å². The van der Waals surface area contributed by atoms with Gasteiger partial charge < -0.3 is 9.84 Å². The fraction of sp³-hybridized carbons (Fsp3) is 1.00. The van der Waals surface area contributed by atoms with Crippen molar-refractivity contribution < 1.29 is 23.0 Å². The Hall–Kier alpha value is -0.290. The molecule has 0 aliphatic carbocycles. The van der Waals surface area contributed by atoms with Crippen LogP contribution in [0.2, 0.25) is 0 Å². The molecule has 0 spiro atoms. The number of ether oxygens (including phenoxy) is 1. The summed E-state index contributed by atoms with van der Waals surface area (Å²) in [6, 6.07) is 0. The van der Waals surface area contributed by atoms with E-state index in [1.54, 1.807) is 0 Å². The summed E-state index contributed by atoms with van der Waals surface area (Å²) in [7, 11) is 0. The molecule has 0 saturated carbocycles. The molecular weight excluding hydrogens is 209 g/mol. The van der Waals surface area contributed by atoms with Gasteiger partial charge in [-0.1, -0.05) is 13.8 Å². The molecule has 1 atom stereocenters. The van der Waals surface area contributed by atoms with Crippen molar-refractivity contribution in [1.82, 2.24) is 0 Å². The zero-order valence-electron chi connectivity index (χ0n) is 9.18. The molecule has 0 radical (unpaired) electrons. The maximum atomic E-state index is 11.7. The van der Waals surface area contributed by atoms with E-state index < -0.39 is 12.8 Å². The van der Waals surface area contributed by atoms with Crippen LogP contribution in [0, 0.1) is 11.8 Å². The second kappa shape index (κ2) is 7.06. The van der Waals surface area contributed by atoms with Gasteiger partial charge in [-0.25, -0.2) is 0 Å². The second-order valence-corrected chi connectivity index (χ2v) is 4.13. The van der Waals surface area contributed by atoms with E-state index in [4.69, 9.17) is 5.11 Å². The van der Waals surface area contributed by atoms with Gasteiger partial charge in [0.15, 0.2) is 0 Å². The minimum atomic E-state index is -4.26. The number of hydrogen-bond acceptors (Lipinski definition) is 2. The molecule has 15 heavy (non-hydrogen) atoms. The summed E-state index contributed by atoms with van der Waals surface area (Å²) < 4.78 is 39.6. The monoisotopic (exact) mass is 228 g/mol. The molecule has 0 aliphatic rings. The van der Waals surface area contributed by atoms with Gasteiger partial charge in [0.1, 0.15) is 6.61 Å². The fourth-order valence-corrected chi connectivity index (χ4v) is 1.39. The van der Waals surface area contributed by atoms with Crippen LogP contribution >= 0.6 is 0 Å². The number of hydrogen-bond donors (Lipinski definition) is 1. The van der Waals surface area contributed by atoms with E-state index in [9.17, 15) is 13.2 Å². The number of halogens is 3. The summed E-state index contributed by atoms with van der Waals surface area (Å²) in [4.78, 5) is 0. The van der Waals surface area contributed by atoms with Crippen LogP contribution < -0.4 is 0 Å². The average molecular weight is 228 g/mol. The second-order valence-electron chi connectivity index (χ2n) is 4.13. The fourth-order valence-electron chi connectivity index (χ4n) is 1.39. The van der Waals surface area contributed by atoms with Crippen molar-refractivity contribution in [3.8, 4) is 0 Å². The Bertz CT molecular complexity index is 157. The molecule has 0 aliphatic heterocycles. The number of alkyl halides is 3. The largest absolute Gasteiger partial charge is 0.411 e. The minimum absolute atomic E-state index is 0.00750. The third-order valence-electron chi connectivity index (χ3n) is 2.00. The molecule has 1 unspecified atom stereocenters. The molecular formula is C10H19F3O2. The summed E-state index contributed by atoms with van der Waals surface area (Å²) >= 11 is 0. The van der Waals surface area contributed by atoms with Crippen LogP contribution in [0.1, 0.15) is 26.7 Å². The number of aliphatic hydroxyl groups excluding tert-OH is 1. The lowest BCUT2D eigenvalue weighted by atomic mass is 9.95. The van der Waals surface area contributed by atoms with Crippen molar-refractivity contribution in [3.63, 3.8) is 0 Å². The van der Waals surface area contributed by atoms with Gasteiger partial charge in [0.2, 0.25) is 0 Å². The molecule has 0 aromatic carbocycles. The Morgan fingerprint density at radius 1 is 1.27 bits per heavy atom. The smallest absolute Gasteiger partial charge is 0.396 e. The van der Waals surface area contributed by atoms with Gasteiger partial charge in [-0.05, 0) is 24.7 Å². The summed E-state index contributed by atoms with van der Waals surface area (Å²) in [6.45, 7) is 2.89. The van der Waals surface area contributed by atoms with Crippen LogP contribution in [0.3, 0.4) is 0 Å². The minimum Gasteiger partial charge on any atom is -0.396 e. The van der Waals surface area contributed by atoms with E-state index >= 15 is 0 Å². The van der Waals surface area contributed by atoms with E-state index in [-0.39, 0.29) is 19.1 Å². The Labute approximate surface area is 88.4 Å². The molecule has 0 fully saturated rings. The van der Waals surface area contributed by atoms with Gasteiger partial charge >= 0.3 is 6.18 Å². The summed E-state index contributed by atoms with van der Waals surface area (Å²) in [5.41, 5.74) is 0. The molecule has 0 amide bonds. The highest BCUT2D eigenvalue weighted by atomic mass is 19.4. The van der Waals surface area contributed by atoms with Crippen molar-refractivity contribution >= 4 is 0 Å². The van der Waals surface area contributed by atoms with E-state index in [0.29, 0.717) is 12.3 Å². The van der Waals surface area contributed by atoms with E-state index in [0.717, 1.165) is 6.42 Å². The van der Waals surface area contributed by atoms with E-state index in [1.165, 1.54) is 0 Å².